The molecule has 0 saturated carbocycles. The number of aliphatic hydroxyl groups is 5. The fraction of sp³-hybridized carbons (Fsp3) is 0.873. The zero-order valence-electron chi connectivity index (χ0n) is 52.6. The van der Waals surface area contributed by atoms with Gasteiger partial charge in [0, 0.05) is 6.42 Å². The number of carbonyl (C=O) groups is 1. The number of rotatable bonds is 61. The van der Waals surface area contributed by atoms with Crippen LogP contribution in [0.2, 0.25) is 0 Å². The van der Waals surface area contributed by atoms with Crippen molar-refractivity contribution >= 4 is 5.91 Å². The molecule has 0 bridgehead atoms. The van der Waals surface area contributed by atoms with Crippen LogP contribution in [-0.4, -0.2) is 87.5 Å². The molecule has 0 aliphatic carbocycles. The maximum absolute atomic E-state index is 13.1. The molecule has 0 aromatic heterocycles. The van der Waals surface area contributed by atoms with Gasteiger partial charge in [-0.25, -0.2) is 0 Å². The second-order valence-corrected chi connectivity index (χ2v) is 24.3. The standard InChI is InChI=1S/C71H133NO8/c1-3-5-7-9-11-13-15-17-19-21-22-23-24-25-26-27-28-29-30-31-32-33-34-35-36-37-38-39-40-41-42-43-44-45-47-49-51-53-55-57-59-61-67(75)72-64(63-79-71-70(78)69(77)68(76)66(62-73)80-71)65(74)60-58-56-54-52-50-48-46-20-18-16-14-12-10-8-6-4-2/h5,7,11,13,17,19,22-23,64-66,68-71,73-74,76-78H,3-4,6,8-10,12,14-16,18,20-21,24-63H2,1-2H3,(H,72,75)/b7-5-,13-11-,19-17-,23-22-. The first kappa shape index (κ1) is 76.2. The summed E-state index contributed by atoms with van der Waals surface area (Å²) in [5.41, 5.74) is 0. The number of hydrogen-bond acceptors (Lipinski definition) is 8. The summed E-state index contributed by atoms with van der Waals surface area (Å²) in [5, 5.41) is 54.8. The van der Waals surface area contributed by atoms with Gasteiger partial charge in [-0.15, -0.1) is 0 Å². The molecule has 80 heavy (non-hydrogen) atoms. The van der Waals surface area contributed by atoms with E-state index >= 15 is 0 Å². The van der Waals surface area contributed by atoms with Crippen molar-refractivity contribution in [2.24, 2.45) is 0 Å². The molecule has 1 fully saturated rings. The van der Waals surface area contributed by atoms with Gasteiger partial charge in [0.1, 0.15) is 24.4 Å². The van der Waals surface area contributed by atoms with Gasteiger partial charge in [-0.2, -0.15) is 0 Å². The molecule has 1 aliphatic rings. The summed E-state index contributed by atoms with van der Waals surface area (Å²) in [6.07, 6.45) is 74.8. The van der Waals surface area contributed by atoms with Crippen LogP contribution in [0.5, 0.6) is 0 Å². The van der Waals surface area contributed by atoms with Crippen molar-refractivity contribution in [1.29, 1.82) is 0 Å². The molecule has 0 aromatic rings. The lowest BCUT2D eigenvalue weighted by Gasteiger charge is -2.40. The highest BCUT2D eigenvalue weighted by molar-refractivity contribution is 5.76. The molecule has 7 atom stereocenters. The normalized spacial score (nSPS) is 18.7. The van der Waals surface area contributed by atoms with E-state index in [1.54, 1.807) is 0 Å². The molecule has 0 aromatic carbocycles. The van der Waals surface area contributed by atoms with Gasteiger partial charge in [-0.1, -0.05) is 332 Å². The first-order valence-corrected chi connectivity index (χ1v) is 34.8. The maximum Gasteiger partial charge on any atom is 0.220 e. The molecule has 1 heterocycles. The number of allylic oxidation sites excluding steroid dienone is 8. The van der Waals surface area contributed by atoms with E-state index in [0.29, 0.717) is 12.8 Å². The molecule has 9 heteroatoms. The quantitative estimate of drug-likeness (QED) is 0.0261. The lowest BCUT2D eigenvalue weighted by molar-refractivity contribution is -0.302. The Bertz CT molecular complexity index is 1400. The molecular weight excluding hydrogens is 995 g/mol. The zero-order chi connectivity index (χ0) is 57.9. The molecule has 9 nitrogen and oxygen atoms in total. The van der Waals surface area contributed by atoms with E-state index in [1.165, 1.54) is 250 Å². The second-order valence-electron chi connectivity index (χ2n) is 24.3. The smallest absolute Gasteiger partial charge is 0.220 e. The van der Waals surface area contributed by atoms with Crippen LogP contribution in [0.4, 0.5) is 0 Å². The molecule has 1 aliphatic heterocycles. The van der Waals surface area contributed by atoms with Crippen molar-refractivity contribution in [2.45, 2.75) is 384 Å². The van der Waals surface area contributed by atoms with Crippen molar-refractivity contribution < 1.29 is 39.8 Å². The number of nitrogens with one attached hydrogen (secondary N) is 1. The van der Waals surface area contributed by atoms with Gasteiger partial charge in [0.2, 0.25) is 5.91 Å². The molecule has 7 unspecified atom stereocenters. The fourth-order valence-corrected chi connectivity index (χ4v) is 11.3. The number of ether oxygens (including phenoxy) is 2. The third-order valence-electron chi connectivity index (χ3n) is 16.7. The van der Waals surface area contributed by atoms with Gasteiger partial charge in [0.25, 0.3) is 0 Å². The van der Waals surface area contributed by atoms with Crippen molar-refractivity contribution in [3.05, 3.63) is 48.6 Å². The Hall–Kier alpha value is -1.85. The molecule has 1 rings (SSSR count). The van der Waals surface area contributed by atoms with Gasteiger partial charge in [0.05, 0.1) is 25.4 Å². The van der Waals surface area contributed by atoms with Crippen LogP contribution in [0.1, 0.15) is 341 Å². The van der Waals surface area contributed by atoms with Crippen molar-refractivity contribution in [3.63, 3.8) is 0 Å². The van der Waals surface area contributed by atoms with E-state index in [1.807, 2.05) is 0 Å². The average molecular weight is 1130 g/mol. The molecule has 6 N–H and O–H groups in total. The number of hydrogen-bond donors (Lipinski definition) is 6. The summed E-state index contributed by atoms with van der Waals surface area (Å²) < 4.78 is 11.3. The van der Waals surface area contributed by atoms with Crippen LogP contribution in [0, 0.1) is 0 Å². The summed E-state index contributed by atoms with van der Waals surface area (Å²) in [4.78, 5) is 13.1. The minimum absolute atomic E-state index is 0.133. The van der Waals surface area contributed by atoms with E-state index in [4.69, 9.17) is 9.47 Å². The van der Waals surface area contributed by atoms with E-state index in [9.17, 15) is 30.3 Å². The lowest BCUT2D eigenvalue weighted by atomic mass is 9.99. The van der Waals surface area contributed by atoms with Gasteiger partial charge >= 0.3 is 0 Å². The Morgan fingerprint density at radius 1 is 0.438 bits per heavy atom. The maximum atomic E-state index is 13.1. The zero-order valence-corrected chi connectivity index (χ0v) is 52.6. The first-order chi connectivity index (χ1) is 39.3. The predicted molar refractivity (Wildman–Crippen MR) is 341 cm³/mol. The average Bonchev–Trinajstić information content (AvgIpc) is 3.46. The van der Waals surface area contributed by atoms with Crippen LogP contribution in [0.25, 0.3) is 0 Å². The van der Waals surface area contributed by atoms with E-state index < -0.39 is 49.5 Å². The predicted octanol–water partition coefficient (Wildman–Crippen LogP) is 18.8. The number of aliphatic hydroxyl groups excluding tert-OH is 5. The van der Waals surface area contributed by atoms with Crippen molar-refractivity contribution in [3.8, 4) is 0 Å². The Morgan fingerprint density at radius 2 is 0.775 bits per heavy atom. The van der Waals surface area contributed by atoms with Gasteiger partial charge < -0.3 is 40.3 Å². The Labute approximate surface area is 494 Å². The summed E-state index contributed by atoms with van der Waals surface area (Å²) >= 11 is 0. The number of carbonyl (C=O) groups excluding carboxylic acids is 1. The monoisotopic (exact) mass is 1130 g/mol. The summed E-state index contributed by atoms with van der Waals surface area (Å²) in [7, 11) is 0. The first-order valence-electron chi connectivity index (χ1n) is 34.8. The SMILES string of the molecule is CC/C=C\C/C=C\C/C=C\C/C=C\CCCCCCCCCCCCCCCCCCCCCCCCCCCCCCC(=O)NC(COC1OC(CO)C(O)C(O)C1O)C(O)CCCCCCCCCCCCCCCCCC. The molecule has 0 spiro atoms. The Balaban J connectivity index is 2.01. The third kappa shape index (κ3) is 48.5. The number of unbranched alkanes of at least 4 members (excludes halogenated alkanes) is 43. The lowest BCUT2D eigenvalue weighted by Crippen LogP contribution is -2.60. The second kappa shape index (κ2) is 60.3. The fourth-order valence-electron chi connectivity index (χ4n) is 11.3. The number of amides is 1. The minimum atomic E-state index is -1.55. The van der Waals surface area contributed by atoms with Crippen LogP contribution < -0.4 is 5.32 Å². The van der Waals surface area contributed by atoms with Crippen LogP contribution in [0.3, 0.4) is 0 Å². The summed E-state index contributed by atoms with van der Waals surface area (Å²) in [6.45, 7) is 3.76. The van der Waals surface area contributed by atoms with E-state index in [2.05, 4.69) is 67.8 Å². The summed E-state index contributed by atoms with van der Waals surface area (Å²) in [5.74, 6) is -0.137. The molecule has 1 amide bonds. The third-order valence-corrected chi connectivity index (χ3v) is 16.7. The van der Waals surface area contributed by atoms with Gasteiger partial charge in [-0.3, -0.25) is 4.79 Å². The topological polar surface area (TPSA) is 149 Å². The van der Waals surface area contributed by atoms with Crippen LogP contribution in [0.15, 0.2) is 48.6 Å². The van der Waals surface area contributed by atoms with Crippen LogP contribution >= 0.6 is 0 Å². The molecule has 1 saturated heterocycles. The highest BCUT2D eigenvalue weighted by atomic mass is 16.7. The summed E-state index contributed by atoms with van der Waals surface area (Å²) in [6, 6.07) is -0.717. The van der Waals surface area contributed by atoms with E-state index in [0.717, 1.165) is 64.2 Å². The van der Waals surface area contributed by atoms with Gasteiger partial charge in [0.15, 0.2) is 6.29 Å². The molecule has 470 valence electrons. The Morgan fingerprint density at radius 3 is 1.15 bits per heavy atom. The van der Waals surface area contributed by atoms with Crippen molar-refractivity contribution in [1.82, 2.24) is 5.32 Å². The highest BCUT2D eigenvalue weighted by Crippen LogP contribution is 2.24. The van der Waals surface area contributed by atoms with Crippen LogP contribution in [-0.2, 0) is 14.3 Å². The minimum Gasteiger partial charge on any atom is -0.394 e. The largest absolute Gasteiger partial charge is 0.394 e. The van der Waals surface area contributed by atoms with Crippen molar-refractivity contribution in [2.75, 3.05) is 13.2 Å². The van der Waals surface area contributed by atoms with Gasteiger partial charge in [-0.05, 0) is 51.4 Å². The highest BCUT2D eigenvalue weighted by Gasteiger charge is 2.44. The molecular formula is C71H133NO8. The van der Waals surface area contributed by atoms with E-state index in [-0.39, 0.29) is 12.5 Å². The molecule has 0 radical (unpaired) electrons. The Kier molecular flexibility index (Phi) is 57.4.